The Hall–Kier alpha value is -0.820. The third-order valence-corrected chi connectivity index (χ3v) is 1.79. The van der Waals surface area contributed by atoms with Crippen LogP contribution in [0.4, 0.5) is 5.69 Å². The molecule has 1 aromatic carbocycles. The van der Waals surface area contributed by atoms with E-state index in [1.807, 2.05) is 24.3 Å². The third kappa shape index (κ3) is 0.830. The van der Waals surface area contributed by atoms with E-state index >= 15 is 0 Å². The van der Waals surface area contributed by atoms with Crippen molar-refractivity contribution in [2.45, 2.75) is 6.42 Å². The van der Waals surface area contributed by atoms with Crippen LogP contribution in [0.5, 0.6) is 0 Å². The van der Waals surface area contributed by atoms with Crippen LogP contribution < -0.4 is 0 Å². The molecule has 0 spiro atoms. The van der Waals surface area contributed by atoms with Crippen molar-refractivity contribution >= 4 is 22.5 Å². The molecule has 1 aromatic rings. The van der Waals surface area contributed by atoms with Crippen molar-refractivity contribution in [3.05, 3.63) is 29.8 Å². The van der Waals surface area contributed by atoms with Crippen LogP contribution in [0.3, 0.4) is 0 Å². The lowest BCUT2D eigenvalue weighted by atomic mass is 10.2. The number of para-hydroxylation sites is 1. The van der Waals surface area contributed by atoms with Crippen LogP contribution in [0, 0.1) is 0 Å². The number of hydrogen-bond acceptors (Lipinski definition) is 1. The molecule has 0 bridgehead atoms. The lowest BCUT2D eigenvalue weighted by molar-refractivity contribution is 1.41. The number of benzene rings is 1. The number of hydrogen-bond donors (Lipinski definition) is 0. The van der Waals surface area contributed by atoms with Gasteiger partial charge in [-0.2, -0.15) is 0 Å². The van der Waals surface area contributed by atoms with Gasteiger partial charge in [0.2, 0.25) is 0 Å². The van der Waals surface area contributed by atoms with Crippen molar-refractivity contribution in [1.82, 2.24) is 0 Å². The van der Waals surface area contributed by atoms with Crippen molar-refractivity contribution < 1.29 is 0 Å². The minimum atomic E-state index is 0.696. The van der Waals surface area contributed by atoms with Crippen LogP contribution in [0.1, 0.15) is 5.56 Å². The SMILES string of the molecule is ClC1=Nc2ccccc2C1. The summed E-state index contributed by atoms with van der Waals surface area (Å²) in [4.78, 5) is 4.13. The first-order valence-corrected chi connectivity index (χ1v) is 3.55. The van der Waals surface area contributed by atoms with Gasteiger partial charge in [0.1, 0.15) is 5.17 Å². The number of rotatable bonds is 0. The maximum absolute atomic E-state index is 5.73. The van der Waals surface area contributed by atoms with E-state index in [0.717, 1.165) is 12.1 Å². The van der Waals surface area contributed by atoms with Crippen molar-refractivity contribution in [2.75, 3.05) is 0 Å². The molecule has 0 saturated heterocycles. The summed E-state index contributed by atoms with van der Waals surface area (Å²) in [7, 11) is 0. The first kappa shape index (κ1) is 5.93. The largest absolute Gasteiger partial charge is 0.241 e. The highest BCUT2D eigenvalue weighted by Crippen LogP contribution is 2.26. The second-order valence-electron chi connectivity index (χ2n) is 2.29. The number of halogens is 1. The average Bonchev–Trinajstić information content (AvgIpc) is 2.27. The molecule has 1 aliphatic heterocycles. The monoisotopic (exact) mass is 151 g/mol. The van der Waals surface area contributed by atoms with Crippen molar-refractivity contribution in [3.63, 3.8) is 0 Å². The summed E-state index contributed by atoms with van der Waals surface area (Å²) >= 11 is 5.73. The number of aliphatic imine (C=N–C) groups is 1. The molecule has 1 aliphatic rings. The van der Waals surface area contributed by atoms with E-state index in [2.05, 4.69) is 4.99 Å². The quantitative estimate of drug-likeness (QED) is 0.540. The zero-order valence-corrected chi connectivity index (χ0v) is 6.10. The molecule has 1 heterocycles. The van der Waals surface area contributed by atoms with Gasteiger partial charge in [0.15, 0.2) is 0 Å². The molecular weight excluding hydrogens is 146 g/mol. The Morgan fingerprint density at radius 1 is 1.30 bits per heavy atom. The molecule has 0 fully saturated rings. The molecule has 0 atom stereocenters. The van der Waals surface area contributed by atoms with E-state index in [4.69, 9.17) is 11.6 Å². The van der Waals surface area contributed by atoms with Crippen LogP contribution in [-0.4, -0.2) is 5.17 Å². The minimum Gasteiger partial charge on any atom is -0.241 e. The van der Waals surface area contributed by atoms with Gasteiger partial charge in [-0.05, 0) is 11.6 Å². The Kier molecular flexibility index (Phi) is 1.24. The molecule has 0 N–H and O–H groups in total. The summed E-state index contributed by atoms with van der Waals surface area (Å²) < 4.78 is 0. The van der Waals surface area contributed by atoms with E-state index in [0.29, 0.717) is 5.17 Å². The fourth-order valence-electron chi connectivity index (χ4n) is 1.10. The topological polar surface area (TPSA) is 12.4 Å². The van der Waals surface area contributed by atoms with Gasteiger partial charge >= 0.3 is 0 Å². The molecule has 0 amide bonds. The average molecular weight is 152 g/mol. The summed E-state index contributed by atoms with van der Waals surface area (Å²) in [6.45, 7) is 0. The van der Waals surface area contributed by atoms with E-state index < -0.39 is 0 Å². The highest BCUT2D eigenvalue weighted by atomic mass is 35.5. The van der Waals surface area contributed by atoms with Crippen molar-refractivity contribution in [2.24, 2.45) is 4.99 Å². The Morgan fingerprint density at radius 2 is 2.10 bits per heavy atom. The molecule has 2 rings (SSSR count). The molecule has 0 aromatic heterocycles. The number of fused-ring (bicyclic) bond motifs is 1. The van der Waals surface area contributed by atoms with E-state index in [1.165, 1.54) is 5.56 Å². The molecule has 0 unspecified atom stereocenters. The fourth-order valence-corrected chi connectivity index (χ4v) is 1.33. The van der Waals surface area contributed by atoms with Crippen LogP contribution in [-0.2, 0) is 6.42 Å². The lowest BCUT2D eigenvalue weighted by Crippen LogP contribution is -1.83. The van der Waals surface area contributed by atoms with E-state index in [9.17, 15) is 0 Å². The first-order valence-electron chi connectivity index (χ1n) is 3.17. The molecule has 0 saturated carbocycles. The van der Waals surface area contributed by atoms with Gasteiger partial charge in [-0.25, -0.2) is 4.99 Å². The lowest BCUT2D eigenvalue weighted by Gasteiger charge is -1.91. The zero-order chi connectivity index (χ0) is 6.97. The smallest absolute Gasteiger partial charge is 0.111 e. The maximum atomic E-state index is 5.73. The van der Waals surface area contributed by atoms with Gasteiger partial charge in [-0.3, -0.25) is 0 Å². The predicted molar refractivity (Wildman–Crippen MR) is 43.1 cm³/mol. The maximum Gasteiger partial charge on any atom is 0.111 e. The summed E-state index contributed by atoms with van der Waals surface area (Å²) in [5.74, 6) is 0. The zero-order valence-electron chi connectivity index (χ0n) is 5.34. The van der Waals surface area contributed by atoms with Crippen LogP contribution in [0.25, 0.3) is 0 Å². The second-order valence-corrected chi connectivity index (χ2v) is 2.73. The summed E-state index contributed by atoms with van der Waals surface area (Å²) in [6, 6.07) is 8.00. The molecule has 10 heavy (non-hydrogen) atoms. The normalized spacial score (nSPS) is 14.7. The minimum absolute atomic E-state index is 0.696. The van der Waals surface area contributed by atoms with E-state index in [-0.39, 0.29) is 0 Å². The van der Waals surface area contributed by atoms with E-state index in [1.54, 1.807) is 0 Å². The number of nitrogens with zero attached hydrogens (tertiary/aromatic N) is 1. The standard InChI is InChI=1S/C8H6ClN/c9-8-5-6-3-1-2-4-7(6)10-8/h1-4H,5H2. The predicted octanol–water partition coefficient (Wildman–Crippen LogP) is 2.51. The van der Waals surface area contributed by atoms with Gasteiger partial charge in [-0.15, -0.1) is 0 Å². The van der Waals surface area contributed by atoms with Gasteiger partial charge in [0.25, 0.3) is 0 Å². The van der Waals surface area contributed by atoms with Gasteiger partial charge in [0.05, 0.1) is 5.69 Å². The fraction of sp³-hybridized carbons (Fsp3) is 0.125. The first-order chi connectivity index (χ1) is 4.86. The van der Waals surface area contributed by atoms with Crippen LogP contribution in [0.2, 0.25) is 0 Å². The van der Waals surface area contributed by atoms with Crippen molar-refractivity contribution in [3.8, 4) is 0 Å². The van der Waals surface area contributed by atoms with Gasteiger partial charge in [-0.1, -0.05) is 29.8 Å². The second kappa shape index (κ2) is 2.10. The molecule has 0 aliphatic carbocycles. The summed E-state index contributed by atoms with van der Waals surface area (Å²) in [5, 5.41) is 0.696. The highest BCUT2D eigenvalue weighted by Gasteiger charge is 2.10. The molecule has 0 radical (unpaired) electrons. The molecule has 1 nitrogen and oxygen atoms in total. The summed E-state index contributed by atoms with van der Waals surface area (Å²) in [5.41, 5.74) is 2.25. The van der Waals surface area contributed by atoms with Crippen molar-refractivity contribution in [1.29, 1.82) is 0 Å². The molecule has 50 valence electrons. The Bertz CT molecular complexity index is 291. The van der Waals surface area contributed by atoms with Gasteiger partial charge in [0, 0.05) is 6.42 Å². The van der Waals surface area contributed by atoms with Gasteiger partial charge < -0.3 is 0 Å². The Balaban J connectivity index is 2.54. The van der Waals surface area contributed by atoms with Crippen LogP contribution >= 0.6 is 11.6 Å². The Labute approximate surface area is 64.4 Å². The molecular formula is C8H6ClN. The molecule has 2 heteroatoms. The van der Waals surface area contributed by atoms with Crippen LogP contribution in [0.15, 0.2) is 29.3 Å². The Morgan fingerprint density at radius 3 is 2.90 bits per heavy atom. The summed E-state index contributed by atoms with van der Waals surface area (Å²) in [6.07, 6.45) is 0.803. The third-order valence-electron chi connectivity index (χ3n) is 1.57. The highest BCUT2D eigenvalue weighted by molar-refractivity contribution is 6.66.